The summed E-state index contributed by atoms with van der Waals surface area (Å²) in [5, 5.41) is 7.27. The van der Waals surface area contributed by atoms with Gasteiger partial charge in [-0.25, -0.2) is 0 Å². The second-order valence-corrected chi connectivity index (χ2v) is 2.38. The first-order chi connectivity index (χ1) is 5.24. The molecule has 58 valence electrons. The lowest BCUT2D eigenvalue weighted by molar-refractivity contribution is 1.04. The first kappa shape index (κ1) is 7.88. The number of hydrogen-bond acceptors (Lipinski definition) is 3. The Hall–Kier alpha value is -1.22. The van der Waals surface area contributed by atoms with Crippen LogP contribution in [0.25, 0.3) is 0 Å². The highest BCUT2D eigenvalue weighted by Crippen LogP contribution is 1.99. The topological polar surface area (TPSA) is 62.8 Å². The molecule has 0 radical (unpaired) electrons. The summed E-state index contributed by atoms with van der Waals surface area (Å²) >= 11 is 0. The molecule has 0 aliphatic heterocycles. The van der Waals surface area contributed by atoms with E-state index >= 15 is 0 Å². The Kier molecular flexibility index (Phi) is 2.33. The monoisotopic (exact) mass is 149 g/mol. The van der Waals surface area contributed by atoms with Crippen LogP contribution in [0, 0.1) is 5.41 Å². The van der Waals surface area contributed by atoms with E-state index in [1.165, 1.54) is 0 Å². The summed E-state index contributed by atoms with van der Waals surface area (Å²) in [6, 6.07) is 3.70. The van der Waals surface area contributed by atoms with Crippen LogP contribution in [0.5, 0.6) is 0 Å². The van der Waals surface area contributed by atoms with E-state index in [1.807, 2.05) is 12.1 Å². The molecule has 1 aromatic rings. The van der Waals surface area contributed by atoms with Gasteiger partial charge in [0.05, 0.1) is 11.4 Å². The number of nitrogens with one attached hydrogen (secondary N) is 1. The van der Waals surface area contributed by atoms with Crippen molar-refractivity contribution in [3.63, 3.8) is 0 Å². The van der Waals surface area contributed by atoms with Gasteiger partial charge in [0, 0.05) is 12.7 Å². The summed E-state index contributed by atoms with van der Waals surface area (Å²) < 4.78 is 0. The van der Waals surface area contributed by atoms with Crippen molar-refractivity contribution in [1.29, 1.82) is 5.41 Å². The number of hydrogen-bond donors (Lipinski definition) is 2. The summed E-state index contributed by atoms with van der Waals surface area (Å²) in [4.78, 5) is 4.04. The molecule has 0 unspecified atom stereocenters. The number of nitrogens with zero attached hydrogens (tertiary/aromatic N) is 1. The molecule has 0 atom stereocenters. The molecule has 1 rings (SSSR count). The van der Waals surface area contributed by atoms with E-state index in [-0.39, 0.29) is 0 Å². The zero-order chi connectivity index (χ0) is 8.27. The van der Waals surface area contributed by atoms with Crippen LogP contribution >= 0.6 is 0 Å². The standard InChI is InChI=1S/C8H11N3/c1-6(10)8-3-2-7(4-9)5-11-8/h2-3,5,10H,4,9H2,1H3. The minimum absolute atomic E-state index is 0.480. The average molecular weight is 149 g/mol. The van der Waals surface area contributed by atoms with E-state index < -0.39 is 0 Å². The van der Waals surface area contributed by atoms with Crippen molar-refractivity contribution in [1.82, 2.24) is 4.98 Å². The first-order valence-corrected chi connectivity index (χ1v) is 3.44. The maximum atomic E-state index is 7.27. The van der Waals surface area contributed by atoms with Gasteiger partial charge >= 0.3 is 0 Å². The molecule has 0 aliphatic carbocycles. The van der Waals surface area contributed by atoms with Crippen LogP contribution in [-0.2, 0) is 6.54 Å². The third kappa shape index (κ3) is 1.85. The molecule has 3 heteroatoms. The van der Waals surface area contributed by atoms with Crippen LogP contribution in [-0.4, -0.2) is 10.7 Å². The maximum absolute atomic E-state index is 7.27. The van der Waals surface area contributed by atoms with Crippen molar-refractivity contribution < 1.29 is 0 Å². The average Bonchev–Trinajstić information content (AvgIpc) is 2.05. The summed E-state index contributed by atoms with van der Waals surface area (Å²) in [5.41, 5.74) is 7.57. The van der Waals surface area contributed by atoms with Gasteiger partial charge in [-0.05, 0) is 18.6 Å². The molecule has 0 aliphatic rings. The van der Waals surface area contributed by atoms with Crippen LogP contribution in [0.4, 0.5) is 0 Å². The zero-order valence-corrected chi connectivity index (χ0v) is 6.46. The Bertz CT molecular complexity index is 251. The Morgan fingerprint density at radius 3 is 2.73 bits per heavy atom. The lowest BCUT2D eigenvalue weighted by Crippen LogP contribution is -2.00. The van der Waals surface area contributed by atoms with E-state index in [0.29, 0.717) is 18.0 Å². The Labute approximate surface area is 65.8 Å². The van der Waals surface area contributed by atoms with E-state index in [9.17, 15) is 0 Å². The highest BCUT2D eigenvalue weighted by Gasteiger charge is 1.95. The van der Waals surface area contributed by atoms with Crippen molar-refractivity contribution >= 4 is 5.71 Å². The molecule has 0 aromatic carbocycles. The van der Waals surface area contributed by atoms with Gasteiger partial charge in [0.25, 0.3) is 0 Å². The molecule has 11 heavy (non-hydrogen) atoms. The molecule has 0 bridgehead atoms. The van der Waals surface area contributed by atoms with Crippen molar-refractivity contribution in [3.05, 3.63) is 29.6 Å². The largest absolute Gasteiger partial charge is 0.326 e. The van der Waals surface area contributed by atoms with Crippen LogP contribution in [0.3, 0.4) is 0 Å². The fourth-order valence-electron chi connectivity index (χ4n) is 0.767. The molecule has 0 amide bonds. The van der Waals surface area contributed by atoms with Gasteiger partial charge in [0.15, 0.2) is 0 Å². The van der Waals surface area contributed by atoms with Crippen molar-refractivity contribution in [2.24, 2.45) is 5.73 Å². The number of nitrogens with two attached hydrogens (primary N) is 1. The van der Waals surface area contributed by atoms with Gasteiger partial charge < -0.3 is 11.1 Å². The lowest BCUT2D eigenvalue weighted by Gasteiger charge is -1.97. The fraction of sp³-hybridized carbons (Fsp3) is 0.250. The maximum Gasteiger partial charge on any atom is 0.0834 e. The molecular formula is C8H11N3. The lowest BCUT2D eigenvalue weighted by atomic mass is 10.2. The molecule has 1 aromatic heterocycles. The van der Waals surface area contributed by atoms with Crippen LogP contribution < -0.4 is 5.73 Å². The van der Waals surface area contributed by atoms with Crippen LogP contribution in [0.1, 0.15) is 18.2 Å². The van der Waals surface area contributed by atoms with E-state index in [4.69, 9.17) is 11.1 Å². The second-order valence-electron chi connectivity index (χ2n) is 2.38. The van der Waals surface area contributed by atoms with Crippen molar-refractivity contribution in [3.8, 4) is 0 Å². The minimum Gasteiger partial charge on any atom is -0.326 e. The van der Waals surface area contributed by atoms with Gasteiger partial charge in [-0.2, -0.15) is 0 Å². The Balaban J connectivity index is 2.91. The van der Waals surface area contributed by atoms with Gasteiger partial charge in [0.2, 0.25) is 0 Å². The quantitative estimate of drug-likeness (QED) is 0.614. The van der Waals surface area contributed by atoms with E-state index in [2.05, 4.69) is 4.98 Å². The molecule has 0 spiro atoms. The molecular weight excluding hydrogens is 138 g/mol. The summed E-state index contributed by atoms with van der Waals surface area (Å²) in [6.07, 6.45) is 1.70. The summed E-state index contributed by atoms with van der Waals surface area (Å²) in [6.45, 7) is 2.22. The predicted octanol–water partition coefficient (Wildman–Crippen LogP) is 0.928. The molecule has 0 fully saturated rings. The SMILES string of the molecule is CC(=N)c1ccc(CN)cn1. The third-order valence-corrected chi connectivity index (χ3v) is 1.44. The van der Waals surface area contributed by atoms with E-state index in [0.717, 1.165) is 5.56 Å². The first-order valence-electron chi connectivity index (χ1n) is 3.44. The van der Waals surface area contributed by atoms with Gasteiger partial charge in [-0.1, -0.05) is 6.07 Å². The van der Waals surface area contributed by atoms with Gasteiger partial charge in [-0.15, -0.1) is 0 Å². The highest BCUT2D eigenvalue weighted by molar-refractivity contribution is 5.94. The molecule has 0 saturated heterocycles. The predicted molar refractivity (Wildman–Crippen MR) is 44.6 cm³/mol. The van der Waals surface area contributed by atoms with Crippen LogP contribution in [0.15, 0.2) is 18.3 Å². The number of pyridine rings is 1. The van der Waals surface area contributed by atoms with E-state index in [1.54, 1.807) is 13.1 Å². The molecule has 1 heterocycles. The zero-order valence-electron chi connectivity index (χ0n) is 6.46. The van der Waals surface area contributed by atoms with Crippen LogP contribution in [0.2, 0.25) is 0 Å². The molecule has 3 N–H and O–H groups in total. The smallest absolute Gasteiger partial charge is 0.0834 e. The van der Waals surface area contributed by atoms with Gasteiger partial charge in [0.1, 0.15) is 0 Å². The highest BCUT2D eigenvalue weighted by atomic mass is 14.7. The fourth-order valence-corrected chi connectivity index (χ4v) is 0.767. The summed E-state index contributed by atoms with van der Waals surface area (Å²) in [7, 11) is 0. The summed E-state index contributed by atoms with van der Waals surface area (Å²) in [5.74, 6) is 0. The normalized spacial score (nSPS) is 9.64. The second kappa shape index (κ2) is 3.25. The van der Waals surface area contributed by atoms with Gasteiger partial charge in [-0.3, -0.25) is 4.98 Å². The molecule has 0 saturated carbocycles. The minimum atomic E-state index is 0.480. The number of rotatable bonds is 2. The van der Waals surface area contributed by atoms with Crippen molar-refractivity contribution in [2.75, 3.05) is 0 Å². The van der Waals surface area contributed by atoms with Crippen molar-refractivity contribution in [2.45, 2.75) is 13.5 Å². The third-order valence-electron chi connectivity index (χ3n) is 1.44. The Morgan fingerprint density at radius 1 is 1.64 bits per heavy atom. The number of aromatic nitrogens is 1. The Morgan fingerprint density at radius 2 is 2.36 bits per heavy atom. The molecule has 3 nitrogen and oxygen atoms in total.